The molecule has 0 atom stereocenters. The van der Waals surface area contributed by atoms with Crippen molar-refractivity contribution in [2.75, 3.05) is 7.11 Å². The lowest BCUT2D eigenvalue weighted by molar-refractivity contribution is 0.274. The molecule has 0 fully saturated rings. The predicted octanol–water partition coefficient (Wildman–Crippen LogP) is 9.95. The van der Waals surface area contributed by atoms with Gasteiger partial charge in [-0.25, -0.2) is 0 Å². The Labute approximate surface area is 230 Å². The number of ether oxygens (including phenoxy) is 1. The molecule has 0 aliphatic heterocycles. The molecule has 37 heavy (non-hydrogen) atoms. The SMILES string of the molecule is C=C(Cn1c2ccccc2c2ccc(CCCCCCCc3ccc(S)c(C)c3)cc21)OC.CC(C)C. The minimum Gasteiger partial charge on any atom is -0.500 e. The van der Waals surface area contributed by atoms with Crippen molar-refractivity contribution in [3.8, 4) is 0 Å². The summed E-state index contributed by atoms with van der Waals surface area (Å²) in [6.45, 7) is 13.4. The number of rotatable bonds is 11. The number of hydrogen-bond acceptors (Lipinski definition) is 2. The molecule has 3 heteroatoms. The van der Waals surface area contributed by atoms with Crippen LogP contribution in [-0.2, 0) is 24.1 Å². The molecular formula is C34H45NOS. The molecule has 0 spiro atoms. The van der Waals surface area contributed by atoms with Crippen molar-refractivity contribution < 1.29 is 4.74 Å². The molecule has 0 amide bonds. The van der Waals surface area contributed by atoms with Gasteiger partial charge in [0.2, 0.25) is 0 Å². The van der Waals surface area contributed by atoms with Crippen molar-refractivity contribution in [2.24, 2.45) is 5.92 Å². The lowest BCUT2D eigenvalue weighted by Crippen LogP contribution is -2.01. The number of aryl methyl sites for hydroxylation is 3. The third kappa shape index (κ3) is 8.43. The zero-order chi connectivity index (χ0) is 26.8. The van der Waals surface area contributed by atoms with E-state index in [4.69, 9.17) is 4.74 Å². The Morgan fingerprint density at radius 1 is 0.811 bits per heavy atom. The monoisotopic (exact) mass is 515 g/mol. The summed E-state index contributed by atoms with van der Waals surface area (Å²) < 4.78 is 7.72. The number of thiol groups is 1. The summed E-state index contributed by atoms with van der Waals surface area (Å²) in [6.07, 6.45) is 8.70. The summed E-state index contributed by atoms with van der Waals surface area (Å²) in [6, 6.07) is 22.2. The van der Waals surface area contributed by atoms with Gasteiger partial charge < -0.3 is 9.30 Å². The van der Waals surface area contributed by atoms with Crippen LogP contribution < -0.4 is 0 Å². The average Bonchev–Trinajstić information content (AvgIpc) is 3.18. The van der Waals surface area contributed by atoms with E-state index in [0.717, 1.165) is 23.0 Å². The van der Waals surface area contributed by atoms with Crippen LogP contribution in [0.2, 0.25) is 0 Å². The second-order valence-corrected chi connectivity index (χ2v) is 11.3. The van der Waals surface area contributed by atoms with E-state index in [9.17, 15) is 0 Å². The number of allylic oxidation sites excluding steroid dienone is 1. The Kier molecular flexibility index (Phi) is 11.2. The number of fused-ring (bicyclic) bond motifs is 3. The third-order valence-electron chi connectivity index (χ3n) is 6.65. The molecule has 198 valence electrons. The fraction of sp³-hybridized carbons (Fsp3) is 0.412. The highest BCUT2D eigenvalue weighted by Gasteiger charge is 2.12. The quantitative estimate of drug-likeness (QED) is 0.119. The zero-order valence-electron chi connectivity index (χ0n) is 23.5. The molecule has 0 bridgehead atoms. The molecule has 0 saturated heterocycles. The number of aromatic nitrogens is 1. The second kappa shape index (κ2) is 14.3. The standard InChI is InChI=1S/C30H35NOS.C4H10/c1-22-19-24(16-18-30(22)33)11-7-5-4-6-8-12-25-15-17-27-26-13-9-10-14-28(26)31(29(27)20-25)21-23(2)32-3;1-4(2)3/h9-10,13-20,33H,2,4-8,11-12,21H2,1,3H3;4H,1-3H3. The number of benzene rings is 3. The van der Waals surface area contributed by atoms with Gasteiger partial charge in [-0.15, -0.1) is 12.6 Å². The summed E-state index contributed by atoms with van der Waals surface area (Å²) in [4.78, 5) is 1.08. The number of unbranched alkanes of at least 4 members (excludes halogenated alkanes) is 4. The topological polar surface area (TPSA) is 14.2 Å². The van der Waals surface area contributed by atoms with Gasteiger partial charge in [0.1, 0.15) is 5.76 Å². The molecule has 0 N–H and O–H groups in total. The van der Waals surface area contributed by atoms with Crippen LogP contribution in [0.1, 0.15) is 69.6 Å². The molecule has 3 aromatic carbocycles. The number of methoxy groups -OCH3 is 1. The van der Waals surface area contributed by atoms with Crippen molar-refractivity contribution in [3.63, 3.8) is 0 Å². The van der Waals surface area contributed by atoms with Gasteiger partial charge in [0.15, 0.2) is 0 Å². The largest absolute Gasteiger partial charge is 0.500 e. The molecule has 0 aliphatic carbocycles. The summed E-state index contributed by atoms with van der Waals surface area (Å²) in [5, 5.41) is 2.60. The van der Waals surface area contributed by atoms with E-state index in [1.165, 1.54) is 77.0 Å². The van der Waals surface area contributed by atoms with Crippen molar-refractivity contribution in [1.29, 1.82) is 0 Å². The Morgan fingerprint density at radius 3 is 2.03 bits per heavy atom. The van der Waals surface area contributed by atoms with Gasteiger partial charge in [-0.2, -0.15) is 0 Å². The van der Waals surface area contributed by atoms with Gasteiger partial charge in [-0.05, 0) is 73.4 Å². The molecule has 0 aliphatic rings. The van der Waals surface area contributed by atoms with Crippen molar-refractivity contribution in [3.05, 3.63) is 89.7 Å². The van der Waals surface area contributed by atoms with Gasteiger partial charge in [0.25, 0.3) is 0 Å². The van der Waals surface area contributed by atoms with E-state index in [0.29, 0.717) is 6.54 Å². The van der Waals surface area contributed by atoms with E-state index in [1.54, 1.807) is 7.11 Å². The summed E-state index contributed by atoms with van der Waals surface area (Å²) in [5.74, 6) is 1.61. The third-order valence-corrected chi connectivity index (χ3v) is 7.15. The Hall–Kier alpha value is -2.65. The molecular weight excluding hydrogens is 470 g/mol. The lowest BCUT2D eigenvalue weighted by atomic mass is 10.0. The number of hydrogen-bond donors (Lipinski definition) is 1. The van der Waals surface area contributed by atoms with E-state index in [2.05, 4.69) is 112 Å². The van der Waals surface area contributed by atoms with Crippen molar-refractivity contribution in [1.82, 2.24) is 4.57 Å². The first-order chi connectivity index (χ1) is 17.8. The molecule has 0 radical (unpaired) electrons. The van der Waals surface area contributed by atoms with E-state index < -0.39 is 0 Å². The second-order valence-electron chi connectivity index (χ2n) is 10.8. The highest BCUT2D eigenvalue weighted by molar-refractivity contribution is 7.80. The molecule has 4 rings (SSSR count). The Balaban J connectivity index is 0.000000886. The minimum absolute atomic E-state index is 0.681. The van der Waals surface area contributed by atoms with Crippen LogP contribution >= 0.6 is 12.6 Å². The highest BCUT2D eigenvalue weighted by Crippen LogP contribution is 2.30. The average molecular weight is 516 g/mol. The van der Waals surface area contributed by atoms with Crippen LogP contribution in [0.3, 0.4) is 0 Å². The van der Waals surface area contributed by atoms with Gasteiger partial charge >= 0.3 is 0 Å². The highest BCUT2D eigenvalue weighted by atomic mass is 32.1. The summed E-state index contributed by atoms with van der Waals surface area (Å²) >= 11 is 4.47. The van der Waals surface area contributed by atoms with Gasteiger partial charge in [-0.1, -0.05) is 89.1 Å². The molecule has 2 nitrogen and oxygen atoms in total. The number of nitrogens with zero attached hydrogens (tertiary/aromatic N) is 1. The molecule has 1 heterocycles. The smallest absolute Gasteiger partial charge is 0.108 e. The minimum atomic E-state index is 0.681. The summed E-state index contributed by atoms with van der Waals surface area (Å²) in [7, 11) is 1.69. The fourth-order valence-electron chi connectivity index (χ4n) is 4.72. The van der Waals surface area contributed by atoms with Gasteiger partial charge in [0.05, 0.1) is 13.7 Å². The summed E-state index contributed by atoms with van der Waals surface area (Å²) in [5.41, 5.74) is 6.64. The number of para-hydroxylation sites is 1. The first-order valence-electron chi connectivity index (χ1n) is 13.8. The van der Waals surface area contributed by atoms with Crippen LogP contribution in [0.25, 0.3) is 21.8 Å². The first-order valence-corrected chi connectivity index (χ1v) is 14.2. The zero-order valence-corrected chi connectivity index (χ0v) is 24.4. The maximum atomic E-state index is 5.38. The van der Waals surface area contributed by atoms with E-state index in [-0.39, 0.29) is 0 Å². The normalized spacial score (nSPS) is 11.1. The lowest BCUT2D eigenvalue weighted by Gasteiger charge is -2.10. The fourth-order valence-corrected chi connectivity index (χ4v) is 4.86. The maximum Gasteiger partial charge on any atom is 0.108 e. The maximum absolute atomic E-state index is 5.38. The van der Waals surface area contributed by atoms with Crippen LogP contribution in [-0.4, -0.2) is 11.7 Å². The van der Waals surface area contributed by atoms with E-state index >= 15 is 0 Å². The van der Waals surface area contributed by atoms with Crippen molar-refractivity contribution >= 4 is 34.4 Å². The van der Waals surface area contributed by atoms with Gasteiger partial charge in [0, 0.05) is 26.7 Å². The van der Waals surface area contributed by atoms with Crippen LogP contribution in [0.5, 0.6) is 0 Å². The Bertz CT molecular complexity index is 1300. The first kappa shape index (κ1) is 28.9. The van der Waals surface area contributed by atoms with Crippen LogP contribution in [0.15, 0.2) is 77.9 Å². The Morgan fingerprint density at radius 2 is 1.38 bits per heavy atom. The van der Waals surface area contributed by atoms with Crippen molar-refractivity contribution in [2.45, 2.75) is 84.1 Å². The molecule has 1 aromatic heterocycles. The molecule has 0 unspecified atom stereocenters. The van der Waals surface area contributed by atoms with Gasteiger partial charge in [-0.3, -0.25) is 0 Å². The van der Waals surface area contributed by atoms with Crippen LogP contribution in [0.4, 0.5) is 0 Å². The molecule has 0 saturated carbocycles. The van der Waals surface area contributed by atoms with E-state index in [1.807, 2.05) is 0 Å². The van der Waals surface area contributed by atoms with Crippen LogP contribution in [0, 0.1) is 12.8 Å². The predicted molar refractivity (Wildman–Crippen MR) is 165 cm³/mol. The molecule has 4 aromatic rings.